The number of morpholine rings is 1. The van der Waals surface area contributed by atoms with Crippen LogP contribution < -0.4 is 5.32 Å². The van der Waals surface area contributed by atoms with Gasteiger partial charge in [0.2, 0.25) is 0 Å². The summed E-state index contributed by atoms with van der Waals surface area (Å²) >= 11 is 0. The van der Waals surface area contributed by atoms with Crippen LogP contribution in [-0.2, 0) is 11.3 Å². The monoisotopic (exact) mass is 269 g/mol. The zero-order valence-corrected chi connectivity index (χ0v) is 11.0. The number of nitrogens with zero attached hydrogens (tertiary/aromatic N) is 2. The Labute approximate surface area is 111 Å². The Morgan fingerprint density at radius 3 is 2.84 bits per heavy atom. The number of ether oxygens (including phenoxy) is 1. The summed E-state index contributed by atoms with van der Waals surface area (Å²) < 4.78 is 10.4. The predicted octanol–water partition coefficient (Wildman–Crippen LogP) is 0.998. The second-order valence-corrected chi connectivity index (χ2v) is 4.69. The van der Waals surface area contributed by atoms with Gasteiger partial charge in [-0.15, -0.1) is 0 Å². The van der Waals surface area contributed by atoms with Gasteiger partial charge in [-0.1, -0.05) is 0 Å². The molecule has 2 rings (SSSR count). The second-order valence-electron chi connectivity index (χ2n) is 4.69. The van der Waals surface area contributed by atoms with E-state index < -0.39 is 4.92 Å². The maximum Gasteiger partial charge on any atom is 0.433 e. The average molecular weight is 269 g/mol. The highest BCUT2D eigenvalue weighted by atomic mass is 16.6. The summed E-state index contributed by atoms with van der Waals surface area (Å²) in [6, 6.07) is 3.30. The molecular weight excluding hydrogens is 250 g/mol. The normalized spacial score (nSPS) is 18.4. The molecule has 7 nitrogen and oxygen atoms in total. The van der Waals surface area contributed by atoms with E-state index in [4.69, 9.17) is 9.15 Å². The van der Waals surface area contributed by atoms with E-state index in [1.807, 2.05) is 0 Å². The fraction of sp³-hybridized carbons (Fsp3) is 0.667. The van der Waals surface area contributed by atoms with E-state index in [-0.39, 0.29) is 5.88 Å². The molecule has 1 aromatic heterocycles. The Kier molecular flexibility index (Phi) is 4.89. The minimum atomic E-state index is -0.527. The lowest BCUT2D eigenvalue weighted by Gasteiger charge is -2.29. The standard InChI is InChI=1S/C12H19N3O4/c1-10(9-14-4-6-18-7-5-14)13-8-11-2-3-12(19-11)15(16)17/h2-3,10,13H,4-9H2,1H3. The molecule has 106 valence electrons. The first-order valence-electron chi connectivity index (χ1n) is 6.42. The number of hydrogen-bond donors (Lipinski definition) is 1. The molecule has 7 heteroatoms. The molecule has 0 aliphatic carbocycles. The van der Waals surface area contributed by atoms with E-state index in [9.17, 15) is 10.1 Å². The van der Waals surface area contributed by atoms with Gasteiger partial charge in [-0.25, -0.2) is 0 Å². The van der Waals surface area contributed by atoms with Crippen LogP contribution in [0.3, 0.4) is 0 Å². The average Bonchev–Trinajstić information content (AvgIpc) is 2.86. The van der Waals surface area contributed by atoms with Crippen molar-refractivity contribution in [2.75, 3.05) is 32.8 Å². The summed E-state index contributed by atoms with van der Waals surface area (Å²) in [5.41, 5.74) is 0. The van der Waals surface area contributed by atoms with Crippen LogP contribution in [0.15, 0.2) is 16.5 Å². The molecule has 0 spiro atoms. The number of nitrogens with one attached hydrogen (secondary N) is 1. The van der Waals surface area contributed by atoms with Crippen LogP contribution in [0.4, 0.5) is 5.88 Å². The summed E-state index contributed by atoms with van der Waals surface area (Å²) in [4.78, 5) is 12.3. The molecule has 1 aliphatic heterocycles. The van der Waals surface area contributed by atoms with Gasteiger partial charge in [0.25, 0.3) is 0 Å². The van der Waals surface area contributed by atoms with Gasteiger partial charge in [0.15, 0.2) is 0 Å². The molecule has 0 bridgehead atoms. The van der Waals surface area contributed by atoms with Crippen LogP contribution in [-0.4, -0.2) is 48.7 Å². The second kappa shape index (κ2) is 6.65. The summed E-state index contributed by atoms with van der Waals surface area (Å²) in [5.74, 6) is 0.373. The molecular formula is C12H19N3O4. The minimum absolute atomic E-state index is 0.211. The van der Waals surface area contributed by atoms with Crippen molar-refractivity contribution in [3.05, 3.63) is 28.0 Å². The molecule has 1 aromatic rings. The minimum Gasteiger partial charge on any atom is -0.404 e. The molecule has 0 amide bonds. The first kappa shape index (κ1) is 14.0. The van der Waals surface area contributed by atoms with Crippen molar-refractivity contribution < 1.29 is 14.1 Å². The van der Waals surface area contributed by atoms with Gasteiger partial charge >= 0.3 is 5.88 Å². The summed E-state index contributed by atoms with van der Waals surface area (Å²) in [6.07, 6.45) is 0. The van der Waals surface area contributed by atoms with Gasteiger partial charge in [-0.2, -0.15) is 0 Å². The van der Waals surface area contributed by atoms with Crippen molar-refractivity contribution in [1.82, 2.24) is 10.2 Å². The van der Waals surface area contributed by atoms with Gasteiger partial charge in [-0.3, -0.25) is 15.0 Å². The molecule has 0 radical (unpaired) electrons. The maximum absolute atomic E-state index is 10.5. The number of rotatable bonds is 6. The van der Waals surface area contributed by atoms with Crippen LogP contribution in [0.1, 0.15) is 12.7 Å². The lowest BCUT2D eigenvalue weighted by atomic mass is 10.2. The van der Waals surface area contributed by atoms with Gasteiger partial charge < -0.3 is 14.5 Å². The van der Waals surface area contributed by atoms with Crippen molar-refractivity contribution >= 4 is 5.88 Å². The van der Waals surface area contributed by atoms with Gasteiger partial charge in [0.1, 0.15) is 10.7 Å². The SMILES string of the molecule is CC(CN1CCOCC1)NCc1ccc([N+](=O)[O-])o1. The molecule has 0 aromatic carbocycles. The Morgan fingerprint density at radius 1 is 1.47 bits per heavy atom. The van der Waals surface area contributed by atoms with E-state index in [1.165, 1.54) is 6.07 Å². The third-order valence-electron chi connectivity index (χ3n) is 3.09. The smallest absolute Gasteiger partial charge is 0.404 e. The maximum atomic E-state index is 10.5. The fourth-order valence-electron chi connectivity index (χ4n) is 2.07. The van der Waals surface area contributed by atoms with E-state index in [2.05, 4.69) is 17.1 Å². The summed E-state index contributed by atoms with van der Waals surface area (Å²) in [6.45, 7) is 7.02. The predicted molar refractivity (Wildman–Crippen MR) is 68.9 cm³/mol. The lowest BCUT2D eigenvalue weighted by Crippen LogP contribution is -2.44. The van der Waals surface area contributed by atoms with Crippen LogP contribution in [0.2, 0.25) is 0 Å². The van der Waals surface area contributed by atoms with Crippen molar-refractivity contribution in [3.8, 4) is 0 Å². The Morgan fingerprint density at radius 2 is 2.21 bits per heavy atom. The van der Waals surface area contributed by atoms with Crippen LogP contribution >= 0.6 is 0 Å². The Bertz CT molecular complexity index is 415. The van der Waals surface area contributed by atoms with Crippen molar-refractivity contribution in [2.45, 2.75) is 19.5 Å². The molecule has 1 aliphatic rings. The molecule has 1 fully saturated rings. The van der Waals surface area contributed by atoms with E-state index >= 15 is 0 Å². The molecule has 1 unspecified atom stereocenters. The molecule has 1 saturated heterocycles. The summed E-state index contributed by atoms with van der Waals surface area (Å²) in [7, 11) is 0. The van der Waals surface area contributed by atoms with Crippen molar-refractivity contribution in [3.63, 3.8) is 0 Å². The molecule has 19 heavy (non-hydrogen) atoms. The largest absolute Gasteiger partial charge is 0.433 e. The first-order chi connectivity index (χ1) is 9.15. The molecule has 1 N–H and O–H groups in total. The van der Waals surface area contributed by atoms with Crippen molar-refractivity contribution in [2.24, 2.45) is 0 Å². The van der Waals surface area contributed by atoms with Crippen LogP contribution in [0.5, 0.6) is 0 Å². The third kappa shape index (κ3) is 4.30. The summed E-state index contributed by atoms with van der Waals surface area (Å²) in [5, 5.41) is 13.8. The lowest BCUT2D eigenvalue weighted by molar-refractivity contribution is -0.402. The van der Waals surface area contributed by atoms with E-state index in [0.29, 0.717) is 18.3 Å². The number of hydrogen-bond acceptors (Lipinski definition) is 6. The zero-order chi connectivity index (χ0) is 13.7. The fourth-order valence-corrected chi connectivity index (χ4v) is 2.07. The van der Waals surface area contributed by atoms with E-state index in [0.717, 1.165) is 32.8 Å². The van der Waals surface area contributed by atoms with Gasteiger partial charge in [0.05, 0.1) is 25.8 Å². The highest BCUT2D eigenvalue weighted by Gasteiger charge is 2.15. The quantitative estimate of drug-likeness (QED) is 0.613. The Balaban J connectivity index is 1.72. The topological polar surface area (TPSA) is 80.8 Å². The molecule has 0 saturated carbocycles. The van der Waals surface area contributed by atoms with Gasteiger partial charge in [0, 0.05) is 25.7 Å². The third-order valence-corrected chi connectivity index (χ3v) is 3.09. The highest BCUT2D eigenvalue weighted by molar-refractivity contribution is 5.17. The molecule has 2 heterocycles. The Hall–Kier alpha value is -1.44. The van der Waals surface area contributed by atoms with Crippen LogP contribution in [0.25, 0.3) is 0 Å². The number of furan rings is 1. The van der Waals surface area contributed by atoms with Crippen molar-refractivity contribution in [1.29, 1.82) is 0 Å². The van der Waals surface area contributed by atoms with Gasteiger partial charge in [-0.05, 0) is 13.0 Å². The highest BCUT2D eigenvalue weighted by Crippen LogP contribution is 2.15. The van der Waals surface area contributed by atoms with E-state index in [1.54, 1.807) is 6.07 Å². The zero-order valence-electron chi connectivity index (χ0n) is 11.0. The number of nitro groups is 1. The first-order valence-corrected chi connectivity index (χ1v) is 6.42. The molecule has 1 atom stereocenters. The van der Waals surface area contributed by atoms with Crippen LogP contribution in [0, 0.1) is 10.1 Å².